The quantitative estimate of drug-likeness (QED) is 0.0218. The Morgan fingerprint density at radius 1 is 0.500 bits per heavy atom. The van der Waals surface area contributed by atoms with Crippen LogP contribution in [-0.4, -0.2) is 394 Å². The largest absolute Gasteiger partial charge is 0.508 e. The predicted octanol–water partition coefficient (Wildman–Crippen LogP) is -5.02. The predicted molar refractivity (Wildman–Crippen MR) is 545 cm³/mol. The van der Waals surface area contributed by atoms with Crippen LogP contribution in [0.15, 0.2) is 53.5 Å². The molecule has 2 aromatic rings. The van der Waals surface area contributed by atoms with Gasteiger partial charge in [-0.2, -0.15) is 0 Å². The lowest BCUT2D eigenvalue weighted by atomic mass is 9.91. The lowest BCUT2D eigenvalue weighted by molar-refractivity contribution is -0.148. The minimum Gasteiger partial charge on any atom is -0.508 e. The van der Waals surface area contributed by atoms with E-state index < -0.39 is 318 Å². The smallest absolute Gasteiger partial charge is 0.248 e. The van der Waals surface area contributed by atoms with Gasteiger partial charge in [0.1, 0.15) is 115 Å². The molecular formula is C102H168N18O30. The minimum absolute atomic E-state index is 0.145. The van der Waals surface area contributed by atoms with E-state index in [1.807, 2.05) is 0 Å². The van der Waals surface area contributed by atoms with Crippen LogP contribution in [0.3, 0.4) is 0 Å². The number of unbranched alkanes of at least 4 members (excludes halogenated alkanes) is 10. The number of primary amides is 1. The summed E-state index contributed by atoms with van der Waals surface area (Å²) in [6.07, 6.45) is -17.2. The summed E-state index contributed by atoms with van der Waals surface area (Å²) in [5.41, 5.74) is 16.9. The molecule has 0 aromatic heterocycles. The molecule has 5 heterocycles. The Morgan fingerprint density at radius 2 is 1.02 bits per heavy atom. The van der Waals surface area contributed by atoms with Crippen molar-refractivity contribution in [1.82, 2.24) is 72.8 Å². The lowest BCUT2D eigenvalue weighted by Gasteiger charge is -2.35. The van der Waals surface area contributed by atoms with Gasteiger partial charge in [-0.1, -0.05) is 156 Å². The van der Waals surface area contributed by atoms with Gasteiger partial charge in [-0.15, -0.1) is 0 Å². The number of nitrogens with one attached hydrogen (secondary N) is 10. The Morgan fingerprint density at radius 3 is 1.58 bits per heavy atom. The third kappa shape index (κ3) is 38.1. The van der Waals surface area contributed by atoms with Crippen LogP contribution in [0.4, 0.5) is 0 Å². The first kappa shape index (κ1) is 127. The fourth-order valence-corrected chi connectivity index (χ4v) is 19.9. The van der Waals surface area contributed by atoms with E-state index in [9.17, 15) is 120 Å². The Balaban J connectivity index is 1.21. The van der Waals surface area contributed by atoms with E-state index in [0.29, 0.717) is 54.3 Å². The average Bonchev–Trinajstić information content (AvgIpc) is 1.64. The third-order valence-electron chi connectivity index (χ3n) is 29.0. The van der Waals surface area contributed by atoms with Gasteiger partial charge in [-0.25, -0.2) is 0 Å². The molecule has 0 saturated carbocycles. The second kappa shape index (κ2) is 62.7. The highest BCUT2D eigenvalue weighted by molar-refractivity contribution is 6.01. The molecule has 32 N–H and O–H groups in total. The van der Waals surface area contributed by atoms with E-state index in [4.69, 9.17) is 17.2 Å². The van der Waals surface area contributed by atoms with Gasteiger partial charge in [0.25, 0.3) is 0 Å². The minimum atomic E-state index is -2.42. The van der Waals surface area contributed by atoms with Crippen LogP contribution in [0.1, 0.15) is 259 Å². The molecule has 0 aliphatic carbocycles. The number of likely N-dealkylation sites (tertiary alicyclic amines) is 2. The van der Waals surface area contributed by atoms with Crippen molar-refractivity contribution < 1.29 is 149 Å². The number of β-amino-alcohol motifs (C(OH)–C–C–N with tert-alkyl or cyclic N) is 1. The molecule has 48 nitrogen and oxygen atoms in total. The van der Waals surface area contributed by atoms with Gasteiger partial charge in [0.2, 0.25) is 82.7 Å². The molecule has 14 amide bonds. The van der Waals surface area contributed by atoms with Crippen molar-refractivity contribution in [3.05, 3.63) is 59.7 Å². The molecule has 31 atom stereocenters. The van der Waals surface area contributed by atoms with Crippen LogP contribution in [-0.2, 0) is 67.1 Å². The van der Waals surface area contributed by atoms with Gasteiger partial charge in [0.15, 0.2) is 0 Å². The zero-order chi connectivity index (χ0) is 111. The molecule has 5 fully saturated rings. The molecule has 0 spiro atoms. The molecule has 0 bridgehead atoms. The first-order valence-corrected chi connectivity index (χ1v) is 53.0. The van der Waals surface area contributed by atoms with Crippen molar-refractivity contribution in [3.63, 3.8) is 0 Å². The maximum atomic E-state index is 15.2. The topological polar surface area (TPSA) is 786 Å². The number of aliphatic imine (C=N–C) groups is 1. The normalized spacial score (nSPS) is 25.8. The Hall–Kier alpha value is -10.4. The van der Waals surface area contributed by atoms with Crippen molar-refractivity contribution in [3.8, 4) is 11.5 Å². The van der Waals surface area contributed by atoms with E-state index >= 15 is 28.8 Å². The van der Waals surface area contributed by atoms with Crippen LogP contribution < -0.4 is 70.4 Å². The number of phenolic OH excluding ortho intramolecular Hbond substituents is 2. The summed E-state index contributed by atoms with van der Waals surface area (Å²) in [7, 11) is 0. The number of phenols is 2. The molecule has 2 unspecified atom stereocenters. The summed E-state index contributed by atoms with van der Waals surface area (Å²) < 4.78 is 0. The summed E-state index contributed by atoms with van der Waals surface area (Å²) in [6.45, 7) is 11.6. The summed E-state index contributed by atoms with van der Waals surface area (Å²) >= 11 is 0. The fourth-order valence-electron chi connectivity index (χ4n) is 19.9. The van der Waals surface area contributed by atoms with E-state index in [2.05, 4.69) is 99.7 Å². The number of nitrogens with two attached hydrogens (primary N) is 3. The second-order valence-electron chi connectivity index (χ2n) is 41.5. The highest BCUT2D eigenvalue weighted by atomic mass is 16.3. The van der Waals surface area contributed by atoms with Crippen LogP contribution in [0.25, 0.3) is 0 Å². The van der Waals surface area contributed by atoms with Gasteiger partial charge in [0.05, 0.1) is 67.6 Å². The summed E-state index contributed by atoms with van der Waals surface area (Å²) in [6, 6.07) is -15.2. The van der Waals surface area contributed by atoms with Crippen LogP contribution in [0, 0.1) is 23.7 Å². The zero-order valence-electron chi connectivity index (χ0n) is 87.4. The third-order valence-corrected chi connectivity index (χ3v) is 29.0. The van der Waals surface area contributed by atoms with Crippen LogP contribution in [0.5, 0.6) is 11.5 Å². The Kier molecular flexibility index (Phi) is 52.9. The fraction of sp³-hybridized carbons (Fsp3) is 0.735. The van der Waals surface area contributed by atoms with Gasteiger partial charge < -0.3 is 166 Å². The first-order valence-electron chi connectivity index (χ1n) is 53.0. The summed E-state index contributed by atoms with van der Waals surface area (Å²) in [5.74, 6) is -15.3. The molecular weight excluding hydrogens is 1960 g/mol. The summed E-state index contributed by atoms with van der Waals surface area (Å²) in [4.78, 5) is 213. The van der Waals surface area contributed by atoms with Crippen molar-refractivity contribution in [1.29, 1.82) is 0 Å². The standard InChI is InChI=1S/C102H168N18O30/c1-9-54(3)45-56(5)23-19-15-11-13-17-21-25-76(133)108-67(92(140)110-78(58(7)121)99(147)119-52-65(126)48-69(119)94(142)114-82(88(137)86(135)60-27-31-62(123)32-28-60)96(144)112-80(71(128)35-39-103)101(149)117-43-37-73(130)84(117)90(105)139)47-64(125)51-106-41-42-107-91-75(132)50-68(109-77(134)26-22-18-14-12-16-20-24-57(6)46-55(4)10-2)93(141)111-79(59(8)122)100(148)120-53-66(127)49-70(120)95(143)115-83(89(138)87(136)61-29-33-63(124)34-30-61)97(145)113-81(72(129)36-40-104)102(150)118-44-38-74(131)85(118)98(146)116-91/h27-34,51,54-59,64-75,78-89,91,107,121-132,135-138H,9-26,35-50,52-53,103-104H2,1-8H3,(H2,105,139)(H,108,133)(H,109,134)(H,110,140)(H,111,141)(H,112,144)(H,113,145)(H,114,142)(H,115,143)(H,116,146)/t54-,55-,56+,57+,58+,59+,64+,65?,66+,67-,68-,69?,70-,71+,72+,73-,74-,75+,78-,79-,80-,81-,82-,83-,84-,85-,86-,87-,88-,89-,91-/m0/s1. The molecule has 7 rings (SSSR count). The average molecular weight is 2130 g/mol. The number of nitrogens with zero attached hydrogens (tertiary/aromatic N) is 5. The molecule has 5 aliphatic rings. The Labute approximate surface area is 875 Å². The molecule has 150 heavy (non-hydrogen) atoms. The van der Waals surface area contributed by atoms with Crippen LogP contribution >= 0.6 is 0 Å². The maximum Gasteiger partial charge on any atom is 0.248 e. The van der Waals surface area contributed by atoms with E-state index in [1.165, 1.54) is 0 Å². The number of hydrogen-bond donors (Lipinski definition) is 29. The van der Waals surface area contributed by atoms with Gasteiger partial charge in [-0.3, -0.25) is 77.4 Å². The van der Waals surface area contributed by atoms with Gasteiger partial charge in [-0.05, 0) is 137 Å². The molecule has 2 aromatic carbocycles. The van der Waals surface area contributed by atoms with Crippen LogP contribution in [0.2, 0.25) is 0 Å². The number of hydrogen-bond acceptors (Lipinski definition) is 34. The van der Waals surface area contributed by atoms with E-state index in [0.717, 1.165) is 173 Å². The molecule has 5 aliphatic heterocycles. The van der Waals surface area contributed by atoms with Crippen molar-refractivity contribution in [2.24, 2.45) is 45.9 Å². The number of amides is 14. The van der Waals surface area contributed by atoms with E-state index in [-0.39, 0.29) is 67.9 Å². The van der Waals surface area contributed by atoms with Crippen molar-refractivity contribution in [2.75, 3.05) is 52.4 Å². The molecule has 5 saturated heterocycles. The highest BCUT2D eigenvalue weighted by Gasteiger charge is 2.53. The van der Waals surface area contributed by atoms with E-state index in [1.54, 1.807) is 0 Å². The number of aliphatic hydroxyl groups is 14. The number of benzene rings is 2. The number of aliphatic hydroxyl groups excluding tert-OH is 14. The highest BCUT2D eigenvalue weighted by Crippen LogP contribution is 2.32. The monoisotopic (exact) mass is 2130 g/mol. The maximum absolute atomic E-state index is 15.2. The second-order valence-corrected chi connectivity index (χ2v) is 41.5. The molecule has 846 valence electrons. The number of carbonyl (C=O) groups excluding carboxylic acids is 14. The van der Waals surface area contributed by atoms with Gasteiger partial charge in [0, 0.05) is 77.5 Å². The lowest BCUT2D eigenvalue weighted by Crippen LogP contribution is -2.65. The molecule has 0 radical (unpaired) electrons. The number of rotatable bonds is 56. The number of aromatic hydroxyl groups is 2. The molecule has 48 heteroatoms. The SMILES string of the molecule is CC[C@H](C)C[C@H](C)CCCCCCCCC(=O)N[C@@H](C[C@@H](O)C=NCCN[C@H]1NC(=O)[C@@H]2[C@@H](O)CCN2C(=O)[C@H]([C@H](O)CCN)NC(=O)[C@H]([C@H](O)[C@@H](O)c2ccc(O)cc2)NC(=O)[C@@H]2C[C@@H](O)CN2C(=O)[C@H]([C@@H](C)O)NC(=O)[C@@H](NC(=O)CCCCCCCC[C@@H](C)C[C@@H](C)CC)C[C@H]1O)C(=O)N[C@H](C(=O)N1CC(O)CC1C(=O)N[C@H](C(=O)N[C@H](C(=O)N1CC[C@H](O)[C@H]1C(N)=O)[C@H](O)CCN)[C@H](O)[C@@H](O)c1ccc(O)cc1)[C@@H](C)O. The van der Waals surface area contributed by atoms with Gasteiger partial charge >= 0.3 is 0 Å². The zero-order valence-corrected chi connectivity index (χ0v) is 87.4. The van der Waals surface area contributed by atoms with Crippen molar-refractivity contribution in [2.45, 2.75) is 399 Å². The number of fused-ring (bicyclic) bond motifs is 2. The Bertz CT molecular complexity index is 4670. The van der Waals surface area contributed by atoms with Crippen molar-refractivity contribution >= 4 is 88.9 Å². The first-order chi connectivity index (χ1) is 71.1. The summed E-state index contributed by atoms with van der Waals surface area (Å²) in [5, 5.41) is 208. The number of carbonyl (C=O) groups is 14.